The maximum absolute atomic E-state index is 5.43. The van der Waals surface area contributed by atoms with Gasteiger partial charge in [-0.25, -0.2) is 0 Å². The second kappa shape index (κ2) is 5.36. The Morgan fingerprint density at radius 1 is 0.933 bits per heavy atom. The highest BCUT2D eigenvalue weighted by Crippen LogP contribution is 2.17. The molecule has 0 amide bonds. The van der Waals surface area contributed by atoms with Gasteiger partial charge in [0, 0.05) is 40.4 Å². The molecule has 0 saturated carbocycles. The van der Waals surface area contributed by atoms with Crippen LogP contribution in [-0.2, 0) is 13.3 Å². The van der Waals surface area contributed by atoms with Crippen LogP contribution in [0.1, 0.15) is 12.6 Å². The molecular weight excluding hydrogens is 210 g/mol. The van der Waals surface area contributed by atoms with Crippen LogP contribution >= 0.6 is 0 Å². The molecule has 0 fully saturated rings. The van der Waals surface area contributed by atoms with Crippen LogP contribution in [-0.4, -0.2) is 30.1 Å². The van der Waals surface area contributed by atoms with E-state index in [1.807, 2.05) is 42.1 Å². The summed E-state index contributed by atoms with van der Waals surface area (Å²) in [5, 5.41) is 0. The number of hydrogen-bond donors (Lipinski definition) is 0. The van der Waals surface area contributed by atoms with Gasteiger partial charge in [0.05, 0.1) is 0 Å². The van der Waals surface area contributed by atoms with E-state index in [2.05, 4.69) is 0 Å². The first-order valence-corrected chi connectivity index (χ1v) is 6.61. The van der Waals surface area contributed by atoms with Crippen LogP contribution in [0.4, 0.5) is 0 Å². The Morgan fingerprint density at radius 2 is 1.40 bits per heavy atom. The Hall–Kier alpha value is -0.753. The first-order valence-electron chi connectivity index (χ1n) is 4.81. The summed E-state index contributed by atoms with van der Waals surface area (Å²) in [6, 6.07) is 5.91. The summed E-state index contributed by atoms with van der Waals surface area (Å²) >= 11 is 0. The molecular formula is C10H18NO3Si+. The quantitative estimate of drug-likeness (QED) is 0.555. The van der Waals surface area contributed by atoms with Crippen molar-refractivity contribution in [3.63, 3.8) is 0 Å². The fraction of sp³-hybridized carbons (Fsp3) is 0.500. The first-order chi connectivity index (χ1) is 7.20. The normalized spacial score (nSPS) is 13.9. The fourth-order valence-electron chi connectivity index (χ4n) is 1.61. The van der Waals surface area contributed by atoms with Gasteiger partial charge in [-0.15, -0.1) is 0 Å². The minimum absolute atomic E-state index is 0.0544. The van der Waals surface area contributed by atoms with Crippen LogP contribution in [0.25, 0.3) is 0 Å². The van der Waals surface area contributed by atoms with Gasteiger partial charge in [0.2, 0.25) is 5.67 Å². The molecule has 1 rings (SSSR count). The van der Waals surface area contributed by atoms with E-state index in [0.717, 1.165) is 0 Å². The molecule has 0 spiro atoms. The molecule has 84 valence electrons. The molecule has 0 aliphatic heterocycles. The van der Waals surface area contributed by atoms with Crippen molar-refractivity contribution in [1.29, 1.82) is 0 Å². The maximum Gasteiger partial charge on any atom is 0.572 e. The van der Waals surface area contributed by atoms with E-state index in [1.54, 1.807) is 21.3 Å². The Kier molecular flexibility index (Phi) is 4.40. The number of pyridine rings is 1. The molecule has 0 saturated heterocycles. The Labute approximate surface area is 91.8 Å². The Bertz CT molecular complexity index is 282. The van der Waals surface area contributed by atoms with E-state index < -0.39 is 8.80 Å². The van der Waals surface area contributed by atoms with Crippen molar-refractivity contribution in [3.8, 4) is 0 Å². The maximum atomic E-state index is 5.43. The SMILES string of the molecule is CO[Si](OC)(OC)C(C)[n+]1ccccc1. The average molecular weight is 228 g/mol. The van der Waals surface area contributed by atoms with Crippen LogP contribution in [0.5, 0.6) is 0 Å². The molecule has 0 aromatic carbocycles. The van der Waals surface area contributed by atoms with Crippen LogP contribution in [0, 0.1) is 0 Å². The van der Waals surface area contributed by atoms with Crippen molar-refractivity contribution in [2.24, 2.45) is 0 Å². The molecule has 1 atom stereocenters. The van der Waals surface area contributed by atoms with E-state index in [4.69, 9.17) is 13.3 Å². The van der Waals surface area contributed by atoms with Gasteiger partial charge in [-0.05, 0) is 0 Å². The summed E-state index contributed by atoms with van der Waals surface area (Å²) in [7, 11) is 2.27. The molecule has 1 aromatic rings. The van der Waals surface area contributed by atoms with Crippen LogP contribution in [0.15, 0.2) is 30.6 Å². The van der Waals surface area contributed by atoms with Gasteiger partial charge in [-0.2, -0.15) is 4.57 Å². The minimum atomic E-state index is -2.60. The zero-order chi connectivity index (χ0) is 11.3. The zero-order valence-electron chi connectivity index (χ0n) is 9.64. The van der Waals surface area contributed by atoms with Crippen LogP contribution in [0.2, 0.25) is 0 Å². The summed E-state index contributed by atoms with van der Waals surface area (Å²) in [6.45, 7) is 2.03. The van der Waals surface area contributed by atoms with E-state index in [-0.39, 0.29) is 5.67 Å². The van der Waals surface area contributed by atoms with Crippen molar-refractivity contribution in [2.45, 2.75) is 12.6 Å². The molecule has 1 unspecified atom stereocenters. The molecule has 4 nitrogen and oxygen atoms in total. The first kappa shape index (κ1) is 12.3. The molecule has 1 aromatic heterocycles. The van der Waals surface area contributed by atoms with Crippen molar-refractivity contribution >= 4 is 8.80 Å². The fourth-order valence-corrected chi connectivity index (χ4v) is 3.68. The number of nitrogens with zero attached hydrogens (tertiary/aromatic N) is 1. The molecule has 1 heterocycles. The lowest BCUT2D eigenvalue weighted by molar-refractivity contribution is -0.706. The molecule has 0 aliphatic rings. The zero-order valence-corrected chi connectivity index (χ0v) is 10.6. The number of rotatable bonds is 5. The van der Waals surface area contributed by atoms with Gasteiger partial charge >= 0.3 is 8.80 Å². The Balaban J connectivity index is 2.95. The standard InChI is InChI=1S/C10H18NO3Si/c1-10(11-8-6-5-7-9-11)15(12-2,13-3)14-4/h5-10H,1-4H3/q+1. The highest BCUT2D eigenvalue weighted by Gasteiger charge is 2.51. The van der Waals surface area contributed by atoms with Gasteiger partial charge in [-0.3, -0.25) is 0 Å². The summed E-state index contributed by atoms with van der Waals surface area (Å²) in [4.78, 5) is 0. The second-order valence-corrected chi connectivity index (χ2v) is 6.48. The largest absolute Gasteiger partial charge is 0.572 e. The monoisotopic (exact) mass is 228 g/mol. The van der Waals surface area contributed by atoms with E-state index in [1.165, 1.54) is 0 Å². The van der Waals surface area contributed by atoms with Gasteiger partial charge in [0.15, 0.2) is 12.4 Å². The van der Waals surface area contributed by atoms with Crippen LogP contribution < -0.4 is 4.57 Å². The van der Waals surface area contributed by atoms with Gasteiger partial charge in [-0.1, -0.05) is 6.07 Å². The molecule has 0 radical (unpaired) electrons. The second-order valence-electron chi connectivity index (χ2n) is 3.21. The molecule has 0 aliphatic carbocycles. The molecule has 0 bridgehead atoms. The number of aromatic nitrogens is 1. The van der Waals surface area contributed by atoms with E-state index in [9.17, 15) is 0 Å². The predicted molar refractivity (Wildman–Crippen MR) is 58.1 cm³/mol. The van der Waals surface area contributed by atoms with Crippen molar-refractivity contribution < 1.29 is 17.8 Å². The van der Waals surface area contributed by atoms with Crippen molar-refractivity contribution in [1.82, 2.24) is 0 Å². The third-order valence-corrected chi connectivity index (χ3v) is 5.58. The lowest BCUT2D eigenvalue weighted by atomic mass is 10.5. The third kappa shape index (κ3) is 2.43. The highest BCUT2D eigenvalue weighted by atomic mass is 28.4. The topological polar surface area (TPSA) is 31.6 Å². The lowest BCUT2D eigenvalue weighted by Crippen LogP contribution is -2.59. The summed E-state index contributed by atoms with van der Waals surface area (Å²) < 4.78 is 18.3. The molecule has 15 heavy (non-hydrogen) atoms. The van der Waals surface area contributed by atoms with E-state index in [0.29, 0.717) is 0 Å². The smallest absolute Gasteiger partial charge is 0.373 e. The predicted octanol–water partition coefficient (Wildman–Crippen LogP) is 0.952. The average Bonchev–Trinajstić information content (AvgIpc) is 2.33. The molecule has 5 heteroatoms. The number of hydrogen-bond acceptors (Lipinski definition) is 3. The van der Waals surface area contributed by atoms with Gasteiger partial charge < -0.3 is 13.3 Å². The van der Waals surface area contributed by atoms with Gasteiger partial charge in [0.25, 0.3) is 0 Å². The molecule has 0 N–H and O–H groups in total. The van der Waals surface area contributed by atoms with Gasteiger partial charge in [0.1, 0.15) is 0 Å². The third-order valence-electron chi connectivity index (χ3n) is 2.55. The summed E-state index contributed by atoms with van der Waals surface area (Å²) in [6.07, 6.45) is 3.95. The Morgan fingerprint density at radius 3 is 1.80 bits per heavy atom. The summed E-state index contributed by atoms with van der Waals surface area (Å²) in [5.74, 6) is 0. The van der Waals surface area contributed by atoms with Crippen LogP contribution in [0.3, 0.4) is 0 Å². The minimum Gasteiger partial charge on any atom is -0.373 e. The van der Waals surface area contributed by atoms with Crippen molar-refractivity contribution in [3.05, 3.63) is 30.6 Å². The lowest BCUT2D eigenvalue weighted by Gasteiger charge is -2.26. The van der Waals surface area contributed by atoms with Crippen molar-refractivity contribution in [2.75, 3.05) is 21.3 Å². The summed E-state index contributed by atoms with van der Waals surface area (Å²) in [5.41, 5.74) is 0.0544. The highest BCUT2D eigenvalue weighted by molar-refractivity contribution is 6.60. The van der Waals surface area contributed by atoms with E-state index >= 15 is 0 Å².